The van der Waals surface area contributed by atoms with Crippen molar-refractivity contribution in [3.8, 4) is 0 Å². The van der Waals surface area contributed by atoms with Gasteiger partial charge >= 0.3 is 0 Å². The van der Waals surface area contributed by atoms with Crippen molar-refractivity contribution in [1.29, 1.82) is 0 Å². The van der Waals surface area contributed by atoms with E-state index in [0.717, 1.165) is 49.7 Å². The molecule has 102 valence electrons. The van der Waals surface area contributed by atoms with Crippen molar-refractivity contribution in [2.45, 2.75) is 38.8 Å². The number of hydrogen-bond acceptors (Lipinski definition) is 3. The van der Waals surface area contributed by atoms with Crippen molar-refractivity contribution in [2.75, 3.05) is 20.3 Å². The second kappa shape index (κ2) is 6.55. The Morgan fingerprint density at radius 3 is 2.89 bits per heavy atom. The van der Waals surface area contributed by atoms with E-state index < -0.39 is 0 Å². The lowest BCUT2D eigenvalue weighted by atomic mass is 9.89. The van der Waals surface area contributed by atoms with Gasteiger partial charge in [0.2, 0.25) is 0 Å². The number of rotatable bonds is 5. The molecule has 1 fully saturated rings. The van der Waals surface area contributed by atoms with E-state index in [1.807, 2.05) is 11.7 Å². The van der Waals surface area contributed by atoms with E-state index >= 15 is 0 Å². The molecule has 0 aliphatic carbocycles. The first-order chi connectivity index (χ1) is 8.77. The van der Waals surface area contributed by atoms with Gasteiger partial charge in [-0.3, -0.25) is 4.68 Å². The molecule has 2 heterocycles. The number of aryl methyl sites for hydroxylation is 1. The Balaban J connectivity index is 2.22. The highest BCUT2D eigenvalue weighted by Gasteiger charge is 2.28. The number of halogens is 1. The summed E-state index contributed by atoms with van der Waals surface area (Å²) in [5.74, 6) is 0.577. The Morgan fingerprint density at radius 1 is 1.56 bits per heavy atom. The summed E-state index contributed by atoms with van der Waals surface area (Å²) in [6.45, 7) is 4.77. The van der Waals surface area contributed by atoms with Crippen LogP contribution in [0.4, 0.5) is 0 Å². The summed E-state index contributed by atoms with van der Waals surface area (Å²) in [4.78, 5) is 0. The number of ether oxygens (including phenoxy) is 1. The van der Waals surface area contributed by atoms with Crippen LogP contribution in [0, 0.1) is 5.92 Å². The van der Waals surface area contributed by atoms with Crippen LogP contribution in [0.5, 0.6) is 0 Å². The minimum atomic E-state index is 0.274. The van der Waals surface area contributed by atoms with Crippen LogP contribution in [0.1, 0.15) is 37.9 Å². The van der Waals surface area contributed by atoms with E-state index in [1.165, 1.54) is 0 Å². The lowest BCUT2D eigenvalue weighted by Gasteiger charge is -2.30. The zero-order chi connectivity index (χ0) is 13.0. The summed E-state index contributed by atoms with van der Waals surface area (Å²) in [5.41, 5.74) is 1.13. The molecule has 18 heavy (non-hydrogen) atoms. The van der Waals surface area contributed by atoms with Gasteiger partial charge < -0.3 is 10.1 Å². The van der Waals surface area contributed by atoms with Gasteiger partial charge in [-0.05, 0) is 32.2 Å². The summed E-state index contributed by atoms with van der Waals surface area (Å²) in [6.07, 6.45) is 4.99. The summed E-state index contributed by atoms with van der Waals surface area (Å²) < 4.78 is 7.48. The summed E-state index contributed by atoms with van der Waals surface area (Å²) in [7, 11) is 2.00. The number of hydrogen-bond donors (Lipinski definition) is 1. The minimum Gasteiger partial charge on any atom is -0.381 e. The van der Waals surface area contributed by atoms with Gasteiger partial charge in [0.05, 0.1) is 23.0 Å². The Hall–Kier alpha value is -0.580. The molecule has 0 bridgehead atoms. The van der Waals surface area contributed by atoms with Crippen LogP contribution in [0.25, 0.3) is 0 Å². The van der Waals surface area contributed by atoms with Crippen LogP contribution >= 0.6 is 11.6 Å². The van der Waals surface area contributed by atoms with Gasteiger partial charge in [0, 0.05) is 19.8 Å². The van der Waals surface area contributed by atoms with Crippen molar-refractivity contribution in [2.24, 2.45) is 5.92 Å². The summed E-state index contributed by atoms with van der Waals surface area (Å²) in [6, 6.07) is 0.274. The lowest BCUT2D eigenvalue weighted by Crippen LogP contribution is -2.32. The average molecular weight is 272 g/mol. The van der Waals surface area contributed by atoms with Crippen LogP contribution in [-0.4, -0.2) is 30.0 Å². The Morgan fingerprint density at radius 2 is 2.28 bits per heavy atom. The third kappa shape index (κ3) is 2.87. The predicted octanol–water partition coefficient (Wildman–Crippen LogP) is 2.63. The Kier molecular flexibility index (Phi) is 5.03. The quantitative estimate of drug-likeness (QED) is 0.895. The van der Waals surface area contributed by atoms with Gasteiger partial charge in [0.15, 0.2) is 0 Å². The summed E-state index contributed by atoms with van der Waals surface area (Å²) >= 11 is 6.32. The van der Waals surface area contributed by atoms with Crippen molar-refractivity contribution in [3.63, 3.8) is 0 Å². The third-order valence-corrected chi connectivity index (χ3v) is 3.90. The molecule has 0 spiro atoms. The van der Waals surface area contributed by atoms with Gasteiger partial charge in [0.25, 0.3) is 0 Å². The van der Waals surface area contributed by atoms with Gasteiger partial charge in [-0.2, -0.15) is 5.10 Å². The Labute approximate surface area is 114 Å². The summed E-state index contributed by atoms with van der Waals surface area (Å²) in [5, 5.41) is 8.57. The van der Waals surface area contributed by atoms with E-state index in [4.69, 9.17) is 16.3 Å². The standard InChI is InChI=1S/C13H22ClN3O/c1-3-6-17-13(11(14)9-16-17)12(15-2)10-4-7-18-8-5-10/h9-10,12,15H,3-8H2,1-2H3. The van der Waals surface area contributed by atoms with Gasteiger partial charge in [0.1, 0.15) is 0 Å². The average Bonchev–Trinajstić information content (AvgIpc) is 2.75. The van der Waals surface area contributed by atoms with E-state index in [0.29, 0.717) is 5.92 Å². The first-order valence-electron chi connectivity index (χ1n) is 6.74. The fourth-order valence-corrected chi connectivity index (χ4v) is 2.97. The SMILES string of the molecule is CCCn1ncc(Cl)c1C(NC)C1CCOCC1. The molecule has 1 N–H and O–H groups in total. The first kappa shape index (κ1) is 13.8. The van der Waals surface area contributed by atoms with E-state index in [9.17, 15) is 0 Å². The van der Waals surface area contributed by atoms with Crippen LogP contribution in [-0.2, 0) is 11.3 Å². The number of nitrogens with zero attached hydrogens (tertiary/aromatic N) is 2. The van der Waals surface area contributed by atoms with E-state index in [-0.39, 0.29) is 6.04 Å². The van der Waals surface area contributed by atoms with Crippen molar-refractivity contribution in [3.05, 3.63) is 16.9 Å². The molecular formula is C13H22ClN3O. The van der Waals surface area contributed by atoms with Gasteiger partial charge in [-0.25, -0.2) is 0 Å². The van der Waals surface area contributed by atoms with Crippen LogP contribution in [0.3, 0.4) is 0 Å². The molecule has 1 unspecified atom stereocenters. The molecule has 1 saturated heterocycles. The third-order valence-electron chi connectivity index (χ3n) is 3.61. The van der Waals surface area contributed by atoms with Crippen molar-refractivity contribution in [1.82, 2.24) is 15.1 Å². The predicted molar refractivity (Wildman–Crippen MR) is 72.9 cm³/mol. The molecule has 1 aliphatic rings. The smallest absolute Gasteiger partial charge is 0.0834 e. The van der Waals surface area contributed by atoms with Gasteiger partial charge in [-0.1, -0.05) is 18.5 Å². The monoisotopic (exact) mass is 271 g/mol. The molecule has 1 atom stereocenters. The molecule has 2 rings (SSSR count). The fourth-order valence-electron chi connectivity index (χ4n) is 2.72. The molecule has 0 saturated carbocycles. The van der Waals surface area contributed by atoms with E-state index in [2.05, 4.69) is 17.3 Å². The van der Waals surface area contributed by atoms with Crippen molar-refractivity contribution < 1.29 is 4.74 Å². The largest absolute Gasteiger partial charge is 0.381 e. The number of nitrogens with one attached hydrogen (secondary N) is 1. The lowest BCUT2D eigenvalue weighted by molar-refractivity contribution is 0.0535. The first-order valence-corrected chi connectivity index (χ1v) is 7.12. The zero-order valence-electron chi connectivity index (χ0n) is 11.2. The maximum atomic E-state index is 6.32. The highest BCUT2D eigenvalue weighted by Crippen LogP contribution is 2.33. The normalized spacial score (nSPS) is 19.1. The second-order valence-corrected chi connectivity index (χ2v) is 5.22. The molecule has 4 nitrogen and oxygen atoms in total. The molecule has 0 amide bonds. The maximum Gasteiger partial charge on any atom is 0.0834 e. The highest BCUT2D eigenvalue weighted by molar-refractivity contribution is 6.31. The van der Waals surface area contributed by atoms with Crippen molar-refractivity contribution >= 4 is 11.6 Å². The van der Waals surface area contributed by atoms with Gasteiger partial charge in [-0.15, -0.1) is 0 Å². The van der Waals surface area contributed by atoms with E-state index in [1.54, 1.807) is 6.20 Å². The van der Waals surface area contributed by atoms with Crippen LogP contribution in [0.2, 0.25) is 5.02 Å². The second-order valence-electron chi connectivity index (χ2n) is 4.82. The fraction of sp³-hybridized carbons (Fsp3) is 0.769. The molecule has 0 aromatic carbocycles. The molecular weight excluding hydrogens is 250 g/mol. The molecule has 1 aliphatic heterocycles. The minimum absolute atomic E-state index is 0.274. The maximum absolute atomic E-state index is 6.32. The number of aromatic nitrogens is 2. The van der Waals surface area contributed by atoms with Crippen LogP contribution in [0.15, 0.2) is 6.20 Å². The highest BCUT2D eigenvalue weighted by atomic mass is 35.5. The molecule has 1 aromatic rings. The molecule has 5 heteroatoms. The van der Waals surface area contributed by atoms with Crippen LogP contribution < -0.4 is 5.32 Å². The molecule has 0 radical (unpaired) electrons. The Bertz CT molecular complexity index is 374. The zero-order valence-corrected chi connectivity index (χ0v) is 11.9. The topological polar surface area (TPSA) is 39.1 Å². The molecule has 1 aromatic heterocycles.